The van der Waals surface area contributed by atoms with E-state index < -0.39 is 23.5 Å². The second-order valence-electron chi connectivity index (χ2n) is 15.1. The van der Waals surface area contributed by atoms with E-state index in [0.717, 1.165) is 57.3 Å². The van der Waals surface area contributed by atoms with E-state index in [1.54, 1.807) is 31.1 Å². The lowest BCUT2D eigenvalue weighted by Crippen LogP contribution is -2.64. The average Bonchev–Trinajstić information content (AvgIpc) is 3.11. The lowest BCUT2D eigenvalue weighted by atomic mass is 9.47. The molecule has 14 heteroatoms. The van der Waals surface area contributed by atoms with E-state index >= 15 is 0 Å². The Balaban J connectivity index is 1.05. The first-order valence-corrected chi connectivity index (χ1v) is 18.0. The van der Waals surface area contributed by atoms with Crippen molar-refractivity contribution in [3.63, 3.8) is 0 Å². The Bertz CT molecular complexity index is 1830. The average molecular weight is 721 g/mol. The Morgan fingerprint density at radius 3 is 2.35 bits per heavy atom. The molecule has 5 aliphatic rings. The molecule has 11 nitrogen and oxygen atoms in total. The fraction of sp³-hybridized carbons (Fsp3) is 0.526. The number of alkyl halides is 3. The van der Waals surface area contributed by atoms with E-state index in [2.05, 4.69) is 35.7 Å². The van der Waals surface area contributed by atoms with Crippen LogP contribution in [0.25, 0.3) is 0 Å². The van der Waals surface area contributed by atoms with Crippen LogP contribution in [0.1, 0.15) is 53.6 Å². The molecule has 1 aromatic heterocycles. The van der Waals surface area contributed by atoms with Gasteiger partial charge in [-0.2, -0.15) is 18.2 Å². The number of hydrogen-bond donors (Lipinski definition) is 3. The molecule has 278 valence electrons. The number of carbonyl (C=O) groups excluding carboxylic acids is 2. The van der Waals surface area contributed by atoms with Crippen molar-refractivity contribution in [2.24, 2.45) is 23.2 Å². The smallest absolute Gasteiger partial charge is 0.421 e. The van der Waals surface area contributed by atoms with Gasteiger partial charge in [-0.15, -0.1) is 0 Å². The van der Waals surface area contributed by atoms with Crippen molar-refractivity contribution in [3.05, 3.63) is 59.3 Å². The minimum absolute atomic E-state index is 0.0741. The minimum atomic E-state index is -4.75. The second-order valence-corrected chi connectivity index (χ2v) is 15.1. The van der Waals surface area contributed by atoms with Crippen molar-refractivity contribution >= 4 is 40.6 Å². The lowest BCUT2D eigenvalue weighted by Gasteiger charge is -2.62. The predicted molar refractivity (Wildman–Crippen MR) is 193 cm³/mol. The van der Waals surface area contributed by atoms with Crippen LogP contribution in [0.3, 0.4) is 0 Å². The summed E-state index contributed by atoms with van der Waals surface area (Å²) in [6.07, 6.45) is 1.52. The molecule has 2 heterocycles. The Labute approximate surface area is 302 Å². The van der Waals surface area contributed by atoms with Gasteiger partial charge < -0.3 is 30.5 Å². The highest BCUT2D eigenvalue weighted by molar-refractivity contribution is 6.01. The van der Waals surface area contributed by atoms with E-state index in [9.17, 15) is 22.8 Å². The number of halogens is 3. The molecule has 3 aromatic rings. The largest absolute Gasteiger partial charge is 0.494 e. The normalized spacial score (nSPS) is 25.5. The van der Waals surface area contributed by atoms with Crippen LogP contribution in [0, 0.1) is 30.1 Å². The van der Waals surface area contributed by atoms with Crippen molar-refractivity contribution in [3.8, 4) is 5.75 Å². The van der Waals surface area contributed by atoms with E-state index in [1.165, 1.54) is 26.0 Å². The summed E-state index contributed by atoms with van der Waals surface area (Å²) in [6, 6.07) is 11.1. The number of methoxy groups -OCH3 is 1. The van der Waals surface area contributed by atoms with Crippen LogP contribution in [0.2, 0.25) is 0 Å². The highest BCUT2D eigenvalue weighted by Gasteiger charge is 2.59. The third-order valence-corrected chi connectivity index (χ3v) is 11.7. The molecule has 4 saturated carbocycles. The standard InChI is InChI=1S/C38H47F3N8O3/c1-22-7-6-8-27(34(50)42-2)31(22)45-33-28(38(39,40)41)21-43-36(46-33)44-29-10-9-26(17-30(29)52-5)48-11-13-49(14-12-48)32-24-15-23-16-25(32)20-37(18-23,19-24)35(51)47(3)4/h6-10,17,21,23-25,32H,11-16,18-20H2,1-5H3,(H,42,50)(H2,43,44,45,46). The zero-order valence-corrected chi connectivity index (χ0v) is 30.3. The highest BCUT2D eigenvalue weighted by Crippen LogP contribution is 2.61. The number of rotatable bonds is 9. The van der Waals surface area contributed by atoms with Gasteiger partial charge in [0.1, 0.15) is 17.1 Å². The second kappa shape index (κ2) is 13.8. The monoisotopic (exact) mass is 720 g/mol. The summed E-state index contributed by atoms with van der Waals surface area (Å²) >= 11 is 0. The lowest BCUT2D eigenvalue weighted by molar-refractivity contribution is -0.164. The first-order valence-electron chi connectivity index (χ1n) is 18.0. The molecule has 52 heavy (non-hydrogen) atoms. The van der Waals surface area contributed by atoms with Gasteiger partial charge in [0.05, 0.1) is 29.5 Å². The van der Waals surface area contributed by atoms with Crippen LogP contribution in [0.4, 0.5) is 42.0 Å². The summed E-state index contributed by atoms with van der Waals surface area (Å²) < 4.78 is 48.0. The number of nitrogens with one attached hydrogen (secondary N) is 3. The van der Waals surface area contributed by atoms with Crippen LogP contribution in [0.15, 0.2) is 42.6 Å². The number of benzene rings is 2. The van der Waals surface area contributed by atoms with Gasteiger partial charge >= 0.3 is 6.18 Å². The maximum absolute atomic E-state index is 14.1. The first-order chi connectivity index (χ1) is 24.8. The van der Waals surface area contributed by atoms with Gasteiger partial charge in [0.15, 0.2) is 0 Å². The number of nitrogens with zero attached hydrogens (tertiary/aromatic N) is 5. The van der Waals surface area contributed by atoms with Crippen LogP contribution in [-0.2, 0) is 11.0 Å². The Morgan fingerprint density at radius 1 is 1.00 bits per heavy atom. The zero-order valence-electron chi connectivity index (χ0n) is 30.3. The summed E-state index contributed by atoms with van der Waals surface area (Å²) in [4.78, 5) is 40.8. The molecule has 0 spiro atoms. The van der Waals surface area contributed by atoms with Gasteiger partial charge in [-0.05, 0) is 80.5 Å². The summed E-state index contributed by atoms with van der Waals surface area (Å²) in [5.74, 6) is 1.63. The number of piperazine rings is 1. The molecular weight excluding hydrogens is 673 g/mol. The first kappa shape index (κ1) is 35.8. The Morgan fingerprint density at radius 2 is 1.71 bits per heavy atom. The highest BCUT2D eigenvalue weighted by atomic mass is 19.4. The summed E-state index contributed by atoms with van der Waals surface area (Å²) in [6.45, 7) is 5.28. The number of anilines is 5. The third kappa shape index (κ3) is 6.61. The van der Waals surface area contributed by atoms with Crippen molar-refractivity contribution in [2.45, 2.75) is 51.2 Å². The SMILES string of the molecule is CNC(=O)c1cccc(C)c1Nc1nc(Nc2ccc(N3CCN(C4C5CC6CC4CC(C(=O)N(C)C)(C6)C5)CC3)cc2OC)ncc1C(F)(F)F. The van der Waals surface area contributed by atoms with Crippen molar-refractivity contribution in [2.75, 3.05) is 70.0 Å². The maximum Gasteiger partial charge on any atom is 0.421 e. The number of carbonyl (C=O) groups is 2. The van der Waals surface area contributed by atoms with Crippen molar-refractivity contribution in [1.82, 2.24) is 25.1 Å². The Hall–Kier alpha value is -4.59. The fourth-order valence-corrected chi connectivity index (χ4v) is 9.73. The number of aromatic nitrogens is 2. The number of aryl methyl sites for hydroxylation is 1. The maximum atomic E-state index is 14.1. The molecule has 5 fully saturated rings. The van der Waals surface area contributed by atoms with Gasteiger partial charge in [0.2, 0.25) is 11.9 Å². The number of hydrogen-bond acceptors (Lipinski definition) is 9. The zero-order chi connectivity index (χ0) is 36.9. The van der Waals surface area contributed by atoms with Gasteiger partial charge in [-0.1, -0.05) is 12.1 Å². The van der Waals surface area contributed by atoms with Gasteiger partial charge in [-0.3, -0.25) is 14.5 Å². The minimum Gasteiger partial charge on any atom is -0.494 e. The van der Waals surface area contributed by atoms with Gasteiger partial charge in [0.25, 0.3) is 5.91 Å². The molecule has 1 saturated heterocycles. The molecule has 2 atom stereocenters. The molecule has 2 unspecified atom stereocenters. The summed E-state index contributed by atoms with van der Waals surface area (Å²) in [5, 5.41) is 8.32. The fourth-order valence-electron chi connectivity index (χ4n) is 9.73. The molecule has 2 aromatic carbocycles. The number of amides is 2. The van der Waals surface area contributed by atoms with Crippen LogP contribution in [0.5, 0.6) is 5.75 Å². The van der Waals surface area contributed by atoms with Crippen LogP contribution >= 0.6 is 0 Å². The van der Waals surface area contributed by atoms with Crippen LogP contribution < -0.4 is 25.6 Å². The topological polar surface area (TPSA) is 115 Å². The van der Waals surface area contributed by atoms with Gasteiger partial charge in [-0.25, -0.2) is 4.98 Å². The third-order valence-electron chi connectivity index (χ3n) is 11.7. The van der Waals surface area contributed by atoms with E-state index in [1.807, 2.05) is 32.3 Å². The quantitative estimate of drug-likeness (QED) is 0.243. The molecule has 2 amide bonds. The Kier molecular flexibility index (Phi) is 9.47. The van der Waals surface area contributed by atoms with Crippen molar-refractivity contribution < 1.29 is 27.5 Å². The van der Waals surface area contributed by atoms with Crippen LogP contribution in [-0.4, -0.2) is 92.1 Å². The molecule has 1 aliphatic heterocycles. The van der Waals surface area contributed by atoms with E-state index in [4.69, 9.17) is 4.74 Å². The molecule has 4 bridgehead atoms. The van der Waals surface area contributed by atoms with Crippen molar-refractivity contribution in [1.29, 1.82) is 0 Å². The van der Waals surface area contributed by atoms with E-state index in [-0.39, 0.29) is 22.6 Å². The molecular formula is C38H47F3N8O3. The number of para-hydroxylation sites is 1. The molecule has 3 N–H and O–H groups in total. The summed E-state index contributed by atoms with van der Waals surface area (Å²) in [7, 11) is 6.78. The number of ether oxygens (including phenoxy) is 1. The predicted octanol–water partition coefficient (Wildman–Crippen LogP) is 6.06. The summed E-state index contributed by atoms with van der Waals surface area (Å²) in [5.41, 5.74) is 1.22. The van der Waals surface area contributed by atoms with Gasteiger partial charge in [0, 0.05) is 71.3 Å². The molecule has 8 rings (SSSR count). The van der Waals surface area contributed by atoms with E-state index in [0.29, 0.717) is 46.7 Å². The molecule has 4 aliphatic carbocycles. The molecule has 0 radical (unpaired) electrons.